The number of rotatable bonds is 4. The number of amides is 2. The Kier molecular flexibility index (Phi) is 8.27. The molecule has 2 bridgehead atoms. The number of hydrogen-bond donors (Lipinski definition) is 0. The summed E-state index contributed by atoms with van der Waals surface area (Å²) in [7, 11) is 3.22. The van der Waals surface area contributed by atoms with Crippen LogP contribution in [0, 0.1) is 0 Å². The molecule has 1 aromatic heterocycles. The van der Waals surface area contributed by atoms with Crippen LogP contribution in [0.25, 0.3) is 0 Å². The standard InChI is InChI=1S/C30H33N3O6/c1-36-26-17-23-9-11-33-29(35)20-32(28(34)16-21-4-3-10-31-19-21)12-13-38-14-15-39-24-7-5-22(6-8-24)30(33)25(23)18-27(26)37-2/h3-8,10,17-19,30H,9,11-16,20H2,1-2H3. The summed E-state index contributed by atoms with van der Waals surface area (Å²) in [6.45, 7) is 1.83. The van der Waals surface area contributed by atoms with Gasteiger partial charge < -0.3 is 28.7 Å². The van der Waals surface area contributed by atoms with E-state index in [4.69, 9.17) is 18.9 Å². The zero-order valence-corrected chi connectivity index (χ0v) is 22.3. The summed E-state index contributed by atoms with van der Waals surface area (Å²) in [5.41, 5.74) is 3.81. The molecule has 0 aliphatic carbocycles. The molecule has 3 aliphatic heterocycles. The third-order valence-electron chi connectivity index (χ3n) is 7.15. The first-order valence-electron chi connectivity index (χ1n) is 13.1. The van der Waals surface area contributed by atoms with Gasteiger partial charge in [0.05, 0.1) is 46.4 Å². The van der Waals surface area contributed by atoms with Gasteiger partial charge in [-0.1, -0.05) is 18.2 Å². The molecule has 39 heavy (non-hydrogen) atoms. The maximum Gasteiger partial charge on any atom is 0.242 e. The highest BCUT2D eigenvalue weighted by Crippen LogP contribution is 2.41. The number of nitrogens with zero attached hydrogens (tertiary/aromatic N) is 3. The lowest BCUT2D eigenvalue weighted by atomic mass is 9.87. The van der Waals surface area contributed by atoms with Gasteiger partial charge in [0.1, 0.15) is 12.4 Å². The third-order valence-corrected chi connectivity index (χ3v) is 7.15. The molecule has 6 rings (SSSR count). The number of hydrogen-bond acceptors (Lipinski definition) is 7. The molecule has 1 atom stereocenters. The zero-order valence-electron chi connectivity index (χ0n) is 22.3. The van der Waals surface area contributed by atoms with Crippen LogP contribution in [-0.2, 0) is 27.2 Å². The number of ether oxygens (including phenoxy) is 4. The second-order valence-corrected chi connectivity index (χ2v) is 9.53. The van der Waals surface area contributed by atoms with Gasteiger partial charge in [0.2, 0.25) is 11.8 Å². The van der Waals surface area contributed by atoms with Crippen molar-refractivity contribution >= 4 is 11.8 Å². The van der Waals surface area contributed by atoms with Gasteiger partial charge in [-0.25, -0.2) is 0 Å². The highest BCUT2D eigenvalue weighted by molar-refractivity contribution is 5.86. The number of methoxy groups -OCH3 is 2. The third kappa shape index (κ3) is 5.98. The molecule has 2 amide bonds. The van der Waals surface area contributed by atoms with E-state index in [0.29, 0.717) is 50.8 Å². The topological polar surface area (TPSA) is 90.4 Å². The predicted molar refractivity (Wildman–Crippen MR) is 144 cm³/mol. The first kappa shape index (κ1) is 26.5. The van der Waals surface area contributed by atoms with E-state index in [2.05, 4.69) is 4.98 Å². The van der Waals surface area contributed by atoms with Crippen LogP contribution >= 0.6 is 0 Å². The number of pyridine rings is 1. The molecule has 0 fully saturated rings. The van der Waals surface area contributed by atoms with Crippen molar-refractivity contribution in [1.29, 1.82) is 0 Å². The van der Waals surface area contributed by atoms with Crippen molar-refractivity contribution in [2.24, 2.45) is 0 Å². The molecule has 9 nitrogen and oxygen atoms in total. The number of benzene rings is 2. The lowest BCUT2D eigenvalue weighted by Crippen LogP contribution is -2.48. The van der Waals surface area contributed by atoms with Crippen LogP contribution in [0.2, 0.25) is 0 Å². The number of aromatic nitrogens is 1. The molecule has 2 aromatic carbocycles. The van der Waals surface area contributed by atoms with E-state index < -0.39 is 0 Å². The summed E-state index contributed by atoms with van der Waals surface area (Å²) in [6.07, 6.45) is 4.16. The lowest BCUT2D eigenvalue weighted by Gasteiger charge is -2.39. The average Bonchev–Trinajstić information content (AvgIpc) is 2.98. The Bertz CT molecular complexity index is 1300. The Labute approximate surface area is 228 Å². The highest BCUT2D eigenvalue weighted by Gasteiger charge is 2.34. The van der Waals surface area contributed by atoms with Crippen LogP contribution in [0.4, 0.5) is 0 Å². The Balaban J connectivity index is 1.50. The van der Waals surface area contributed by atoms with Crippen LogP contribution in [0.3, 0.4) is 0 Å². The molecule has 3 aromatic rings. The fourth-order valence-corrected chi connectivity index (χ4v) is 5.15. The molecule has 0 radical (unpaired) electrons. The molecule has 0 saturated carbocycles. The van der Waals surface area contributed by atoms with Crippen molar-refractivity contribution in [2.45, 2.75) is 18.9 Å². The molecular weight excluding hydrogens is 498 g/mol. The van der Waals surface area contributed by atoms with Gasteiger partial charge in [0.15, 0.2) is 11.5 Å². The highest BCUT2D eigenvalue weighted by atomic mass is 16.5. The van der Waals surface area contributed by atoms with Gasteiger partial charge in [-0.2, -0.15) is 0 Å². The van der Waals surface area contributed by atoms with Crippen LogP contribution in [0.5, 0.6) is 17.2 Å². The smallest absolute Gasteiger partial charge is 0.242 e. The second kappa shape index (κ2) is 12.2. The van der Waals surface area contributed by atoms with Crippen LogP contribution < -0.4 is 14.2 Å². The minimum Gasteiger partial charge on any atom is -0.493 e. The number of fused-ring (bicyclic) bond motifs is 11. The summed E-state index contributed by atoms with van der Waals surface area (Å²) < 4.78 is 22.7. The van der Waals surface area contributed by atoms with Crippen molar-refractivity contribution in [1.82, 2.24) is 14.8 Å². The molecule has 4 heterocycles. The molecule has 0 N–H and O–H groups in total. The van der Waals surface area contributed by atoms with Gasteiger partial charge in [0, 0.05) is 25.5 Å². The first-order chi connectivity index (χ1) is 19.1. The van der Waals surface area contributed by atoms with Gasteiger partial charge >= 0.3 is 0 Å². The van der Waals surface area contributed by atoms with E-state index in [1.165, 1.54) is 0 Å². The summed E-state index contributed by atoms with van der Waals surface area (Å²) in [5, 5.41) is 0. The molecule has 3 aliphatic rings. The van der Waals surface area contributed by atoms with Crippen LogP contribution in [0.15, 0.2) is 60.9 Å². The van der Waals surface area contributed by atoms with Crippen LogP contribution in [-0.4, -0.2) is 80.3 Å². The van der Waals surface area contributed by atoms with Crippen molar-refractivity contribution in [2.75, 3.05) is 53.7 Å². The van der Waals surface area contributed by atoms with E-state index in [1.807, 2.05) is 47.4 Å². The van der Waals surface area contributed by atoms with Crippen molar-refractivity contribution in [3.8, 4) is 17.2 Å². The molecular formula is C30H33N3O6. The Hall–Kier alpha value is -4.11. The minimum absolute atomic E-state index is 0.0455. The van der Waals surface area contributed by atoms with Crippen molar-refractivity contribution in [3.63, 3.8) is 0 Å². The minimum atomic E-state index is -0.355. The summed E-state index contributed by atoms with van der Waals surface area (Å²) >= 11 is 0. The zero-order chi connectivity index (χ0) is 27.2. The van der Waals surface area contributed by atoms with E-state index in [1.54, 1.807) is 37.6 Å². The quantitative estimate of drug-likeness (QED) is 0.478. The van der Waals surface area contributed by atoms with E-state index in [-0.39, 0.29) is 30.8 Å². The summed E-state index contributed by atoms with van der Waals surface area (Å²) in [5.74, 6) is 1.71. The Morgan fingerprint density at radius 3 is 2.56 bits per heavy atom. The van der Waals surface area contributed by atoms with Gasteiger partial charge in [-0.15, -0.1) is 0 Å². The van der Waals surface area contributed by atoms with Gasteiger partial charge in [-0.3, -0.25) is 14.6 Å². The SMILES string of the molecule is COc1cc2c(cc1OC)C1c3ccc(cc3)OCCOCCN(C(=O)Cc3cccnc3)CC(=O)N1CC2. The van der Waals surface area contributed by atoms with Gasteiger partial charge in [-0.05, 0) is 59.0 Å². The number of carbonyl (C=O) groups excluding carboxylic acids is 2. The fourth-order valence-electron chi connectivity index (χ4n) is 5.15. The monoisotopic (exact) mass is 531 g/mol. The average molecular weight is 532 g/mol. The van der Waals surface area contributed by atoms with E-state index >= 15 is 0 Å². The van der Waals surface area contributed by atoms with E-state index in [9.17, 15) is 9.59 Å². The molecule has 1 unspecified atom stereocenters. The number of carbonyl (C=O) groups is 2. The van der Waals surface area contributed by atoms with Crippen molar-refractivity contribution in [3.05, 3.63) is 83.2 Å². The first-order valence-corrected chi connectivity index (χ1v) is 13.1. The summed E-state index contributed by atoms with van der Waals surface area (Å²) in [6, 6.07) is 15.0. The summed E-state index contributed by atoms with van der Waals surface area (Å²) in [4.78, 5) is 34.8. The second-order valence-electron chi connectivity index (χ2n) is 9.53. The lowest BCUT2D eigenvalue weighted by molar-refractivity contribution is -0.142. The molecule has 9 heteroatoms. The predicted octanol–water partition coefficient (Wildman–Crippen LogP) is 3.05. The largest absolute Gasteiger partial charge is 0.493 e. The molecule has 204 valence electrons. The Morgan fingerprint density at radius 2 is 1.82 bits per heavy atom. The normalized spacial score (nSPS) is 17.8. The maximum absolute atomic E-state index is 13.9. The van der Waals surface area contributed by atoms with E-state index in [0.717, 1.165) is 28.0 Å². The van der Waals surface area contributed by atoms with Gasteiger partial charge in [0.25, 0.3) is 0 Å². The molecule has 0 saturated heterocycles. The Morgan fingerprint density at radius 1 is 1.03 bits per heavy atom. The molecule has 0 spiro atoms. The van der Waals surface area contributed by atoms with Crippen molar-refractivity contribution < 1.29 is 28.5 Å². The fraction of sp³-hybridized carbons (Fsp3) is 0.367. The van der Waals surface area contributed by atoms with Crippen LogP contribution in [0.1, 0.15) is 28.3 Å². The maximum atomic E-state index is 13.9.